The van der Waals surface area contributed by atoms with E-state index >= 15 is 0 Å². The predicted molar refractivity (Wildman–Crippen MR) is 79.2 cm³/mol. The SMILES string of the molecule is CCN(CC)c1ccc(CNC(C)C)cc1.Cl. The summed E-state index contributed by atoms with van der Waals surface area (Å²) >= 11 is 0. The number of rotatable bonds is 6. The number of hydrogen-bond donors (Lipinski definition) is 1. The van der Waals surface area contributed by atoms with Gasteiger partial charge in [0.25, 0.3) is 0 Å². The molecule has 0 fully saturated rings. The van der Waals surface area contributed by atoms with E-state index in [1.165, 1.54) is 11.3 Å². The van der Waals surface area contributed by atoms with Crippen LogP contribution in [0.1, 0.15) is 33.3 Å². The molecule has 1 aromatic rings. The first kappa shape index (κ1) is 16.3. The molecule has 1 N–H and O–H groups in total. The lowest BCUT2D eigenvalue weighted by Crippen LogP contribution is -2.23. The van der Waals surface area contributed by atoms with Crippen LogP contribution < -0.4 is 10.2 Å². The van der Waals surface area contributed by atoms with Crippen molar-refractivity contribution in [2.75, 3.05) is 18.0 Å². The van der Waals surface area contributed by atoms with Crippen molar-refractivity contribution in [1.82, 2.24) is 5.32 Å². The first-order chi connectivity index (χ1) is 7.67. The van der Waals surface area contributed by atoms with Gasteiger partial charge in [-0.15, -0.1) is 12.4 Å². The molecule has 0 amide bonds. The van der Waals surface area contributed by atoms with Gasteiger partial charge in [-0.3, -0.25) is 0 Å². The summed E-state index contributed by atoms with van der Waals surface area (Å²) in [5.41, 5.74) is 2.67. The minimum atomic E-state index is 0. The second-order valence-corrected chi connectivity index (χ2v) is 4.37. The van der Waals surface area contributed by atoms with Gasteiger partial charge in [-0.25, -0.2) is 0 Å². The van der Waals surface area contributed by atoms with Crippen molar-refractivity contribution in [3.63, 3.8) is 0 Å². The van der Waals surface area contributed by atoms with Crippen molar-refractivity contribution in [2.24, 2.45) is 0 Å². The number of nitrogens with one attached hydrogen (secondary N) is 1. The third-order valence-corrected chi connectivity index (χ3v) is 2.78. The van der Waals surface area contributed by atoms with E-state index in [4.69, 9.17) is 0 Å². The smallest absolute Gasteiger partial charge is 0.0366 e. The standard InChI is InChI=1S/C14H24N2.ClH/c1-5-16(6-2)14-9-7-13(8-10-14)11-15-12(3)4;/h7-10,12,15H,5-6,11H2,1-4H3;1H. The zero-order chi connectivity index (χ0) is 12.0. The first-order valence-corrected chi connectivity index (χ1v) is 6.24. The molecule has 0 saturated heterocycles. The molecule has 0 saturated carbocycles. The number of nitrogens with zero attached hydrogens (tertiary/aromatic N) is 1. The molecule has 3 heteroatoms. The van der Waals surface area contributed by atoms with E-state index < -0.39 is 0 Å². The van der Waals surface area contributed by atoms with E-state index in [-0.39, 0.29) is 12.4 Å². The molecule has 98 valence electrons. The monoisotopic (exact) mass is 256 g/mol. The fourth-order valence-corrected chi connectivity index (χ4v) is 1.74. The zero-order valence-electron chi connectivity index (χ0n) is 11.4. The molecule has 0 aromatic heterocycles. The van der Waals surface area contributed by atoms with Crippen LogP contribution in [0.2, 0.25) is 0 Å². The van der Waals surface area contributed by atoms with Gasteiger partial charge in [0.2, 0.25) is 0 Å². The van der Waals surface area contributed by atoms with E-state index in [9.17, 15) is 0 Å². The van der Waals surface area contributed by atoms with Gasteiger partial charge in [-0.1, -0.05) is 26.0 Å². The maximum absolute atomic E-state index is 3.42. The van der Waals surface area contributed by atoms with Gasteiger partial charge in [0.15, 0.2) is 0 Å². The van der Waals surface area contributed by atoms with Gasteiger partial charge in [0.05, 0.1) is 0 Å². The lowest BCUT2D eigenvalue weighted by molar-refractivity contribution is 0.589. The molecule has 0 atom stereocenters. The Labute approximate surface area is 112 Å². The first-order valence-electron chi connectivity index (χ1n) is 6.24. The van der Waals surface area contributed by atoms with Gasteiger partial charge in [-0.2, -0.15) is 0 Å². The highest BCUT2D eigenvalue weighted by atomic mass is 35.5. The quantitative estimate of drug-likeness (QED) is 0.839. The molecule has 1 rings (SSSR count). The topological polar surface area (TPSA) is 15.3 Å². The summed E-state index contributed by atoms with van der Waals surface area (Å²) in [6, 6.07) is 9.39. The van der Waals surface area contributed by atoms with Crippen molar-refractivity contribution < 1.29 is 0 Å². The highest BCUT2D eigenvalue weighted by Gasteiger charge is 2.01. The molecule has 0 unspecified atom stereocenters. The number of anilines is 1. The van der Waals surface area contributed by atoms with Crippen LogP contribution in [-0.4, -0.2) is 19.1 Å². The summed E-state index contributed by atoms with van der Waals surface area (Å²) in [5.74, 6) is 0. The Bertz CT molecular complexity index is 292. The second-order valence-electron chi connectivity index (χ2n) is 4.37. The average molecular weight is 257 g/mol. The van der Waals surface area contributed by atoms with E-state index in [1.54, 1.807) is 0 Å². The van der Waals surface area contributed by atoms with Crippen molar-refractivity contribution in [3.8, 4) is 0 Å². The van der Waals surface area contributed by atoms with Crippen LogP contribution >= 0.6 is 12.4 Å². The van der Waals surface area contributed by atoms with Crippen LogP contribution in [0.4, 0.5) is 5.69 Å². The Balaban J connectivity index is 0.00000256. The summed E-state index contributed by atoms with van der Waals surface area (Å²) in [4.78, 5) is 2.36. The third-order valence-electron chi connectivity index (χ3n) is 2.78. The Kier molecular flexibility index (Phi) is 8.01. The van der Waals surface area contributed by atoms with Crippen molar-refractivity contribution in [1.29, 1.82) is 0 Å². The van der Waals surface area contributed by atoms with Crippen LogP contribution in [0.5, 0.6) is 0 Å². The summed E-state index contributed by atoms with van der Waals surface area (Å²) in [7, 11) is 0. The van der Waals surface area contributed by atoms with Crippen LogP contribution in [0.25, 0.3) is 0 Å². The number of hydrogen-bond acceptors (Lipinski definition) is 2. The molecule has 1 aromatic carbocycles. The van der Waals surface area contributed by atoms with Crippen LogP contribution in [-0.2, 0) is 6.54 Å². The number of benzene rings is 1. The summed E-state index contributed by atoms with van der Waals surface area (Å²) in [6.45, 7) is 11.8. The van der Waals surface area contributed by atoms with Gasteiger partial charge >= 0.3 is 0 Å². The van der Waals surface area contributed by atoms with Crippen LogP contribution in [0.3, 0.4) is 0 Å². The molecule has 0 aliphatic rings. The largest absolute Gasteiger partial charge is 0.372 e. The Morgan fingerprint density at radius 3 is 2.00 bits per heavy atom. The zero-order valence-corrected chi connectivity index (χ0v) is 12.2. The summed E-state index contributed by atoms with van der Waals surface area (Å²) < 4.78 is 0. The average Bonchev–Trinajstić information content (AvgIpc) is 2.29. The van der Waals surface area contributed by atoms with Gasteiger partial charge in [0, 0.05) is 31.4 Å². The van der Waals surface area contributed by atoms with Crippen LogP contribution in [0, 0.1) is 0 Å². The van der Waals surface area contributed by atoms with Gasteiger partial charge in [-0.05, 0) is 31.5 Å². The summed E-state index contributed by atoms with van der Waals surface area (Å²) in [5, 5.41) is 3.42. The molecular weight excluding hydrogens is 232 g/mol. The van der Waals surface area contributed by atoms with E-state index in [0.29, 0.717) is 6.04 Å². The maximum Gasteiger partial charge on any atom is 0.0366 e. The summed E-state index contributed by atoms with van der Waals surface area (Å²) in [6.07, 6.45) is 0. The van der Waals surface area contributed by atoms with Crippen molar-refractivity contribution in [3.05, 3.63) is 29.8 Å². The number of halogens is 1. The lowest BCUT2D eigenvalue weighted by Gasteiger charge is -2.21. The molecule has 2 nitrogen and oxygen atoms in total. The lowest BCUT2D eigenvalue weighted by atomic mass is 10.2. The third kappa shape index (κ3) is 5.42. The van der Waals surface area contributed by atoms with Crippen molar-refractivity contribution in [2.45, 2.75) is 40.3 Å². The maximum atomic E-state index is 3.42. The minimum Gasteiger partial charge on any atom is -0.372 e. The van der Waals surface area contributed by atoms with Crippen molar-refractivity contribution >= 4 is 18.1 Å². The molecule has 17 heavy (non-hydrogen) atoms. The molecule has 0 heterocycles. The van der Waals surface area contributed by atoms with Gasteiger partial charge < -0.3 is 10.2 Å². The predicted octanol–water partition coefficient (Wildman–Crippen LogP) is 3.45. The Morgan fingerprint density at radius 2 is 1.59 bits per heavy atom. The molecule has 0 bridgehead atoms. The second kappa shape index (κ2) is 8.37. The van der Waals surface area contributed by atoms with Gasteiger partial charge in [0.1, 0.15) is 0 Å². The molecule has 0 spiro atoms. The van der Waals surface area contributed by atoms with Crippen LogP contribution in [0.15, 0.2) is 24.3 Å². The van der Waals surface area contributed by atoms with E-state index in [1.807, 2.05) is 0 Å². The fourth-order valence-electron chi connectivity index (χ4n) is 1.74. The Morgan fingerprint density at radius 1 is 1.06 bits per heavy atom. The molecule has 0 radical (unpaired) electrons. The van der Waals surface area contributed by atoms with E-state index in [0.717, 1.165) is 19.6 Å². The fraction of sp³-hybridized carbons (Fsp3) is 0.571. The Hall–Kier alpha value is -0.730. The highest BCUT2D eigenvalue weighted by molar-refractivity contribution is 5.85. The molecule has 0 aliphatic heterocycles. The molecule has 0 aliphatic carbocycles. The van der Waals surface area contributed by atoms with E-state index in [2.05, 4.69) is 62.2 Å². The minimum absolute atomic E-state index is 0. The highest BCUT2D eigenvalue weighted by Crippen LogP contribution is 2.14. The molecular formula is C14H25ClN2. The normalized spacial score (nSPS) is 10.2.